The Morgan fingerprint density at radius 2 is 2.08 bits per heavy atom. The number of carbonyl (C=O) groups excluding carboxylic acids is 1. The Hall–Kier alpha value is -2.09. The van der Waals surface area contributed by atoms with E-state index in [1.54, 1.807) is 27.7 Å². The van der Waals surface area contributed by atoms with E-state index < -0.39 is 0 Å². The first-order valence-electron chi connectivity index (χ1n) is 8.46. The lowest BCUT2D eigenvalue weighted by molar-refractivity contribution is -0.129. The molecule has 0 saturated heterocycles. The van der Waals surface area contributed by atoms with Gasteiger partial charge in [-0.25, -0.2) is 14.3 Å². The largest absolute Gasteiger partial charge is 0.344 e. The minimum atomic E-state index is -0.288. The Labute approximate surface area is 148 Å². The third-order valence-electron chi connectivity index (χ3n) is 4.52. The zero-order valence-electron chi connectivity index (χ0n) is 13.7. The predicted molar refractivity (Wildman–Crippen MR) is 91.8 cm³/mol. The minimum absolute atomic E-state index is 0.0476. The van der Waals surface area contributed by atoms with Gasteiger partial charge in [0.25, 0.3) is 0 Å². The van der Waals surface area contributed by atoms with Crippen LogP contribution in [-0.4, -0.2) is 37.4 Å². The summed E-state index contributed by atoms with van der Waals surface area (Å²) in [6, 6.07) is 6.95. The van der Waals surface area contributed by atoms with Crippen LogP contribution < -0.4 is 5.69 Å². The third kappa shape index (κ3) is 3.63. The lowest BCUT2D eigenvalue weighted by Crippen LogP contribution is -2.34. The number of aromatic amines is 1. The summed E-state index contributed by atoms with van der Waals surface area (Å²) in [5, 5.41) is 7.04. The van der Waals surface area contributed by atoms with Crippen LogP contribution in [-0.2, 0) is 11.3 Å². The molecule has 0 radical (unpaired) electrons. The number of carbonyl (C=O) groups is 1. The fourth-order valence-corrected chi connectivity index (χ4v) is 3.77. The summed E-state index contributed by atoms with van der Waals surface area (Å²) in [7, 11) is 0. The van der Waals surface area contributed by atoms with Crippen molar-refractivity contribution in [1.82, 2.24) is 19.7 Å². The molecule has 1 amide bonds. The smallest absolute Gasteiger partial charge is 0.335 e. The molecular formula is C17H19FN4O2S. The molecule has 0 aliphatic heterocycles. The third-order valence-corrected chi connectivity index (χ3v) is 5.45. The molecule has 0 unspecified atom stereocenters. The topological polar surface area (TPSA) is 71.0 Å². The van der Waals surface area contributed by atoms with Crippen LogP contribution in [0.5, 0.6) is 0 Å². The summed E-state index contributed by atoms with van der Waals surface area (Å²) in [5.41, 5.74) is 0.310. The number of halogens is 1. The molecule has 4 rings (SSSR count). The zero-order valence-corrected chi connectivity index (χ0v) is 14.5. The van der Waals surface area contributed by atoms with E-state index in [9.17, 15) is 14.0 Å². The molecule has 2 aromatic rings. The summed E-state index contributed by atoms with van der Waals surface area (Å²) in [6.45, 7) is 0.284. The van der Waals surface area contributed by atoms with Gasteiger partial charge in [-0.05, 0) is 31.7 Å². The van der Waals surface area contributed by atoms with E-state index in [4.69, 9.17) is 0 Å². The van der Waals surface area contributed by atoms with Crippen molar-refractivity contribution in [3.05, 3.63) is 46.1 Å². The van der Waals surface area contributed by atoms with Crippen LogP contribution in [0.2, 0.25) is 0 Å². The van der Waals surface area contributed by atoms with Crippen molar-refractivity contribution in [1.29, 1.82) is 0 Å². The van der Waals surface area contributed by atoms with Gasteiger partial charge >= 0.3 is 5.69 Å². The molecule has 2 saturated carbocycles. The van der Waals surface area contributed by atoms with Crippen molar-refractivity contribution in [2.45, 2.75) is 49.5 Å². The van der Waals surface area contributed by atoms with Crippen LogP contribution in [0.4, 0.5) is 4.39 Å². The first-order chi connectivity index (χ1) is 12.1. The SMILES string of the molecule is O=C(CSc1n[nH]c(=O)n1C1CC1)N(Cc1ccccc1F)C1CC1. The molecule has 6 nitrogen and oxygen atoms in total. The number of benzene rings is 1. The van der Waals surface area contributed by atoms with Crippen molar-refractivity contribution in [3.8, 4) is 0 Å². The molecule has 1 heterocycles. The van der Waals surface area contributed by atoms with Crippen LogP contribution in [0.25, 0.3) is 0 Å². The summed E-state index contributed by atoms with van der Waals surface area (Å²) >= 11 is 1.27. The average Bonchev–Trinajstić information content (AvgIpc) is 3.51. The maximum Gasteiger partial charge on any atom is 0.344 e. The number of H-pyrrole nitrogens is 1. The lowest BCUT2D eigenvalue weighted by atomic mass is 10.2. The second-order valence-electron chi connectivity index (χ2n) is 6.55. The Bertz CT molecular complexity index is 841. The second-order valence-corrected chi connectivity index (χ2v) is 7.49. The number of nitrogens with zero attached hydrogens (tertiary/aromatic N) is 3. The van der Waals surface area contributed by atoms with E-state index in [-0.39, 0.29) is 41.8 Å². The van der Waals surface area contributed by atoms with Crippen molar-refractivity contribution < 1.29 is 9.18 Å². The molecule has 25 heavy (non-hydrogen) atoms. The number of amides is 1. The van der Waals surface area contributed by atoms with Crippen LogP contribution in [0.1, 0.15) is 37.3 Å². The number of rotatable bonds is 7. The molecular weight excluding hydrogens is 343 g/mol. The standard InChI is InChI=1S/C17H19FN4O2S/c18-14-4-2-1-3-11(14)9-21(12-5-6-12)15(23)10-25-17-20-19-16(24)22(17)13-7-8-13/h1-4,12-13H,5-10H2,(H,19,24). The Morgan fingerprint density at radius 1 is 1.32 bits per heavy atom. The fraction of sp³-hybridized carbons (Fsp3) is 0.471. The fourth-order valence-electron chi connectivity index (χ4n) is 2.87. The Morgan fingerprint density at radius 3 is 2.76 bits per heavy atom. The molecule has 2 fully saturated rings. The van der Waals surface area contributed by atoms with Gasteiger partial charge in [-0.15, -0.1) is 5.10 Å². The Balaban J connectivity index is 1.43. The monoisotopic (exact) mass is 362 g/mol. The second kappa shape index (κ2) is 6.67. The van der Waals surface area contributed by atoms with E-state index in [2.05, 4.69) is 10.2 Å². The van der Waals surface area contributed by atoms with Gasteiger partial charge < -0.3 is 4.90 Å². The van der Waals surface area contributed by atoms with Gasteiger partial charge in [-0.1, -0.05) is 30.0 Å². The summed E-state index contributed by atoms with van der Waals surface area (Å²) in [5.74, 6) is -0.140. The van der Waals surface area contributed by atoms with E-state index in [0.29, 0.717) is 10.7 Å². The van der Waals surface area contributed by atoms with Gasteiger partial charge in [0.2, 0.25) is 5.91 Å². The Kier molecular flexibility index (Phi) is 4.37. The van der Waals surface area contributed by atoms with Crippen molar-refractivity contribution >= 4 is 17.7 Å². The zero-order chi connectivity index (χ0) is 17.4. The van der Waals surface area contributed by atoms with E-state index in [1.165, 1.54) is 17.8 Å². The van der Waals surface area contributed by atoms with Crippen molar-refractivity contribution in [3.63, 3.8) is 0 Å². The molecule has 1 N–H and O–H groups in total. The molecule has 0 spiro atoms. The highest BCUT2D eigenvalue weighted by Gasteiger charge is 2.34. The maximum absolute atomic E-state index is 13.9. The van der Waals surface area contributed by atoms with Crippen molar-refractivity contribution in [2.24, 2.45) is 0 Å². The molecule has 132 valence electrons. The minimum Gasteiger partial charge on any atom is -0.335 e. The number of thioether (sulfide) groups is 1. The first kappa shape index (κ1) is 16.4. The van der Waals surface area contributed by atoms with E-state index in [1.807, 2.05) is 0 Å². The predicted octanol–water partition coefficient (Wildman–Crippen LogP) is 2.33. The van der Waals surface area contributed by atoms with Gasteiger partial charge in [-0.2, -0.15) is 0 Å². The highest BCUT2D eigenvalue weighted by molar-refractivity contribution is 7.99. The molecule has 0 bridgehead atoms. The van der Waals surface area contributed by atoms with Gasteiger partial charge in [0.05, 0.1) is 5.75 Å². The molecule has 8 heteroatoms. The number of aromatic nitrogens is 3. The quantitative estimate of drug-likeness (QED) is 0.768. The molecule has 0 atom stereocenters. The molecule has 1 aromatic heterocycles. The van der Waals surface area contributed by atoms with Gasteiger partial charge in [0.1, 0.15) is 5.82 Å². The van der Waals surface area contributed by atoms with E-state index in [0.717, 1.165) is 25.7 Å². The highest BCUT2D eigenvalue weighted by Crippen LogP contribution is 2.36. The van der Waals surface area contributed by atoms with Gasteiger partial charge in [0, 0.05) is 24.2 Å². The summed E-state index contributed by atoms with van der Waals surface area (Å²) in [6.07, 6.45) is 3.87. The van der Waals surface area contributed by atoms with E-state index >= 15 is 0 Å². The first-order valence-corrected chi connectivity index (χ1v) is 9.44. The molecule has 1 aromatic carbocycles. The van der Waals surface area contributed by atoms with Crippen LogP contribution in [0, 0.1) is 5.82 Å². The normalized spacial score (nSPS) is 16.8. The van der Waals surface area contributed by atoms with Crippen LogP contribution in [0.15, 0.2) is 34.2 Å². The summed E-state index contributed by atoms with van der Waals surface area (Å²) < 4.78 is 15.5. The molecule has 2 aliphatic carbocycles. The number of hydrogen-bond acceptors (Lipinski definition) is 4. The maximum atomic E-state index is 13.9. The number of hydrogen-bond donors (Lipinski definition) is 1. The van der Waals surface area contributed by atoms with Gasteiger partial charge in [0.15, 0.2) is 5.16 Å². The lowest BCUT2D eigenvalue weighted by Gasteiger charge is -2.22. The van der Waals surface area contributed by atoms with Crippen LogP contribution >= 0.6 is 11.8 Å². The molecule has 2 aliphatic rings. The number of nitrogens with one attached hydrogen (secondary N) is 1. The highest BCUT2D eigenvalue weighted by atomic mass is 32.2. The van der Waals surface area contributed by atoms with Crippen molar-refractivity contribution in [2.75, 3.05) is 5.75 Å². The summed E-state index contributed by atoms with van der Waals surface area (Å²) in [4.78, 5) is 26.2. The average molecular weight is 362 g/mol. The van der Waals surface area contributed by atoms with Gasteiger partial charge in [-0.3, -0.25) is 9.36 Å². The van der Waals surface area contributed by atoms with Crippen LogP contribution in [0.3, 0.4) is 0 Å².